The van der Waals surface area contributed by atoms with Gasteiger partial charge in [-0.15, -0.1) is 11.6 Å². The molecular weight excluding hydrogens is 276 g/mol. The van der Waals surface area contributed by atoms with Crippen LogP contribution in [0.25, 0.3) is 0 Å². The van der Waals surface area contributed by atoms with Gasteiger partial charge in [-0.3, -0.25) is 4.79 Å². The fourth-order valence-electron chi connectivity index (χ4n) is 1.77. The molecule has 3 nitrogen and oxygen atoms in total. The van der Waals surface area contributed by atoms with Gasteiger partial charge in [-0.05, 0) is 48.5 Å². The summed E-state index contributed by atoms with van der Waals surface area (Å²) < 4.78 is 10.4. The number of alkyl halides is 1. The first-order valence-electron chi connectivity index (χ1n) is 6.22. The molecule has 0 N–H and O–H groups in total. The topological polar surface area (TPSA) is 35.5 Å². The molecule has 0 heterocycles. The summed E-state index contributed by atoms with van der Waals surface area (Å²) >= 11 is 5.55. The van der Waals surface area contributed by atoms with E-state index < -0.39 is 0 Å². The standard InChI is InChI=1S/C16H15ClO3/c1-19-14-6-2-12(3-7-14)16(18)13-4-8-15(9-5-13)20-11-10-17/h2-9H,10-11H2,1H3. The van der Waals surface area contributed by atoms with E-state index in [4.69, 9.17) is 21.1 Å². The number of methoxy groups -OCH3 is 1. The third-order valence-corrected chi connectivity index (χ3v) is 2.97. The highest BCUT2D eigenvalue weighted by Crippen LogP contribution is 2.17. The molecule has 20 heavy (non-hydrogen) atoms. The van der Waals surface area contributed by atoms with Crippen molar-refractivity contribution in [1.82, 2.24) is 0 Å². The van der Waals surface area contributed by atoms with Crippen molar-refractivity contribution < 1.29 is 14.3 Å². The van der Waals surface area contributed by atoms with E-state index in [1.807, 2.05) is 0 Å². The average Bonchev–Trinajstić information content (AvgIpc) is 2.53. The van der Waals surface area contributed by atoms with Crippen molar-refractivity contribution in [2.24, 2.45) is 0 Å². The zero-order valence-corrected chi connectivity index (χ0v) is 11.9. The van der Waals surface area contributed by atoms with Crippen LogP contribution in [0.4, 0.5) is 0 Å². The minimum Gasteiger partial charge on any atom is -0.497 e. The smallest absolute Gasteiger partial charge is 0.193 e. The maximum absolute atomic E-state index is 12.3. The first-order chi connectivity index (χ1) is 9.74. The lowest BCUT2D eigenvalue weighted by Crippen LogP contribution is -2.02. The van der Waals surface area contributed by atoms with E-state index in [1.54, 1.807) is 55.6 Å². The summed E-state index contributed by atoms with van der Waals surface area (Å²) in [7, 11) is 1.59. The first-order valence-corrected chi connectivity index (χ1v) is 6.75. The van der Waals surface area contributed by atoms with Crippen LogP contribution < -0.4 is 9.47 Å². The van der Waals surface area contributed by atoms with Crippen LogP contribution in [0, 0.1) is 0 Å². The molecule has 0 spiro atoms. The van der Waals surface area contributed by atoms with Gasteiger partial charge in [-0.1, -0.05) is 0 Å². The van der Waals surface area contributed by atoms with Crippen molar-refractivity contribution in [2.45, 2.75) is 0 Å². The Kier molecular flexibility index (Phi) is 5.02. The van der Waals surface area contributed by atoms with Crippen molar-refractivity contribution in [3.05, 3.63) is 59.7 Å². The number of hydrogen-bond donors (Lipinski definition) is 0. The fourth-order valence-corrected chi connectivity index (χ4v) is 1.85. The third-order valence-electron chi connectivity index (χ3n) is 2.81. The van der Waals surface area contributed by atoms with E-state index in [1.165, 1.54) is 0 Å². The maximum Gasteiger partial charge on any atom is 0.193 e. The van der Waals surface area contributed by atoms with E-state index in [-0.39, 0.29) is 5.78 Å². The van der Waals surface area contributed by atoms with E-state index in [0.29, 0.717) is 29.4 Å². The molecule has 0 aliphatic carbocycles. The van der Waals surface area contributed by atoms with Crippen LogP contribution in [0.3, 0.4) is 0 Å². The second kappa shape index (κ2) is 6.96. The fraction of sp³-hybridized carbons (Fsp3) is 0.188. The first kappa shape index (κ1) is 14.4. The molecule has 0 aromatic heterocycles. The summed E-state index contributed by atoms with van der Waals surface area (Å²) in [5.41, 5.74) is 1.24. The van der Waals surface area contributed by atoms with Gasteiger partial charge >= 0.3 is 0 Å². The quantitative estimate of drug-likeness (QED) is 0.603. The highest BCUT2D eigenvalue weighted by molar-refractivity contribution is 6.18. The predicted molar refractivity (Wildman–Crippen MR) is 79.1 cm³/mol. The van der Waals surface area contributed by atoms with E-state index in [9.17, 15) is 4.79 Å². The molecule has 4 heteroatoms. The number of rotatable bonds is 6. The van der Waals surface area contributed by atoms with Gasteiger partial charge in [0.1, 0.15) is 18.1 Å². The summed E-state index contributed by atoms with van der Waals surface area (Å²) in [6.07, 6.45) is 0. The van der Waals surface area contributed by atoms with Crippen molar-refractivity contribution in [3.8, 4) is 11.5 Å². The van der Waals surface area contributed by atoms with Crippen LogP contribution in [0.15, 0.2) is 48.5 Å². The van der Waals surface area contributed by atoms with Crippen LogP contribution in [0.2, 0.25) is 0 Å². The Morgan fingerprint density at radius 3 is 1.90 bits per heavy atom. The van der Waals surface area contributed by atoms with Gasteiger partial charge in [0, 0.05) is 11.1 Å². The minimum atomic E-state index is -0.0310. The number of carbonyl (C=O) groups is 1. The summed E-state index contributed by atoms with van der Waals surface area (Å²) in [5.74, 6) is 1.84. The van der Waals surface area contributed by atoms with Crippen LogP contribution in [0.5, 0.6) is 11.5 Å². The van der Waals surface area contributed by atoms with Gasteiger partial charge in [0.05, 0.1) is 13.0 Å². The van der Waals surface area contributed by atoms with Crippen LogP contribution in [-0.4, -0.2) is 25.4 Å². The molecule has 2 aromatic carbocycles. The SMILES string of the molecule is COc1ccc(C(=O)c2ccc(OCCCl)cc2)cc1. The number of benzene rings is 2. The molecule has 0 amide bonds. The van der Waals surface area contributed by atoms with Crippen molar-refractivity contribution in [3.63, 3.8) is 0 Å². The van der Waals surface area contributed by atoms with E-state index in [2.05, 4.69) is 0 Å². The summed E-state index contributed by atoms with van der Waals surface area (Å²) in [5, 5.41) is 0. The minimum absolute atomic E-state index is 0.0310. The van der Waals surface area contributed by atoms with Gasteiger partial charge in [-0.25, -0.2) is 0 Å². The van der Waals surface area contributed by atoms with E-state index >= 15 is 0 Å². The molecule has 0 atom stereocenters. The predicted octanol–water partition coefficient (Wildman–Crippen LogP) is 3.54. The molecule has 0 saturated carbocycles. The van der Waals surface area contributed by atoms with Crippen molar-refractivity contribution in [2.75, 3.05) is 19.6 Å². The Balaban J connectivity index is 2.11. The van der Waals surface area contributed by atoms with Gasteiger partial charge in [0.15, 0.2) is 5.78 Å². The van der Waals surface area contributed by atoms with Gasteiger partial charge in [-0.2, -0.15) is 0 Å². The van der Waals surface area contributed by atoms with Crippen LogP contribution in [-0.2, 0) is 0 Å². The molecule has 2 rings (SSSR count). The molecule has 0 saturated heterocycles. The second-order valence-corrected chi connectivity index (χ2v) is 4.50. The lowest BCUT2D eigenvalue weighted by atomic mass is 10.0. The highest BCUT2D eigenvalue weighted by atomic mass is 35.5. The number of ketones is 1. The highest BCUT2D eigenvalue weighted by Gasteiger charge is 2.09. The Morgan fingerprint density at radius 2 is 1.45 bits per heavy atom. The Bertz CT molecular complexity index is 561. The monoisotopic (exact) mass is 290 g/mol. The molecule has 2 aromatic rings. The zero-order valence-electron chi connectivity index (χ0n) is 11.1. The second-order valence-electron chi connectivity index (χ2n) is 4.12. The molecule has 0 bridgehead atoms. The molecule has 0 fully saturated rings. The molecule has 104 valence electrons. The largest absolute Gasteiger partial charge is 0.497 e. The summed E-state index contributed by atoms with van der Waals surface area (Å²) in [4.78, 5) is 12.3. The van der Waals surface area contributed by atoms with Gasteiger partial charge in [0.25, 0.3) is 0 Å². The molecule has 0 aliphatic heterocycles. The Morgan fingerprint density at radius 1 is 0.950 bits per heavy atom. The zero-order chi connectivity index (χ0) is 14.4. The Hall–Kier alpha value is -2.00. The van der Waals surface area contributed by atoms with Gasteiger partial charge in [0.2, 0.25) is 0 Å². The van der Waals surface area contributed by atoms with Crippen LogP contribution >= 0.6 is 11.6 Å². The number of hydrogen-bond acceptors (Lipinski definition) is 3. The normalized spacial score (nSPS) is 10.1. The number of carbonyl (C=O) groups excluding carboxylic acids is 1. The van der Waals surface area contributed by atoms with Crippen molar-refractivity contribution >= 4 is 17.4 Å². The molecule has 0 unspecified atom stereocenters. The van der Waals surface area contributed by atoms with Crippen LogP contribution in [0.1, 0.15) is 15.9 Å². The van der Waals surface area contributed by atoms with Gasteiger partial charge < -0.3 is 9.47 Å². The number of halogens is 1. The third kappa shape index (κ3) is 3.52. The number of ether oxygens (including phenoxy) is 2. The molecule has 0 radical (unpaired) electrons. The summed E-state index contributed by atoms with van der Waals surface area (Å²) in [6, 6.07) is 14.1. The van der Waals surface area contributed by atoms with E-state index in [0.717, 1.165) is 5.75 Å². The molecular formula is C16H15ClO3. The summed E-state index contributed by atoms with van der Waals surface area (Å²) in [6.45, 7) is 0.452. The maximum atomic E-state index is 12.3. The lowest BCUT2D eigenvalue weighted by Gasteiger charge is -2.06. The molecule has 0 aliphatic rings. The van der Waals surface area contributed by atoms with Crippen molar-refractivity contribution in [1.29, 1.82) is 0 Å². The average molecular weight is 291 g/mol. The Labute approximate surface area is 123 Å². The lowest BCUT2D eigenvalue weighted by molar-refractivity contribution is 0.103.